The zero-order valence-electron chi connectivity index (χ0n) is 8.96. The highest BCUT2D eigenvalue weighted by Gasteiger charge is 2.28. The van der Waals surface area contributed by atoms with Crippen molar-refractivity contribution >= 4 is 5.91 Å². The summed E-state index contributed by atoms with van der Waals surface area (Å²) in [5.74, 6) is 0.258. The Morgan fingerprint density at radius 2 is 2.07 bits per heavy atom. The fraction of sp³-hybridized carbons (Fsp3) is 0.750. The van der Waals surface area contributed by atoms with Crippen LogP contribution >= 0.6 is 0 Å². The number of nitrogens with zero attached hydrogens (tertiary/aromatic N) is 1. The van der Waals surface area contributed by atoms with Crippen molar-refractivity contribution in [1.29, 1.82) is 0 Å². The average Bonchev–Trinajstić information content (AvgIpc) is 2.61. The molecule has 0 radical (unpaired) electrons. The third kappa shape index (κ3) is 1.84. The highest BCUT2D eigenvalue weighted by Crippen LogP contribution is 2.26. The summed E-state index contributed by atoms with van der Waals surface area (Å²) in [5.41, 5.74) is 1.31. The number of hydrogen-bond donors (Lipinski definition) is 0. The summed E-state index contributed by atoms with van der Waals surface area (Å²) in [6.45, 7) is 3.03. The fourth-order valence-electron chi connectivity index (χ4n) is 2.52. The van der Waals surface area contributed by atoms with E-state index in [4.69, 9.17) is 0 Å². The summed E-state index contributed by atoms with van der Waals surface area (Å²) in [7, 11) is 0. The van der Waals surface area contributed by atoms with Crippen LogP contribution in [0, 0.1) is 0 Å². The van der Waals surface area contributed by atoms with Gasteiger partial charge in [-0.3, -0.25) is 4.79 Å². The van der Waals surface area contributed by atoms with E-state index in [-0.39, 0.29) is 5.91 Å². The molecule has 0 N–H and O–H groups in total. The molecule has 2 heteroatoms. The average molecular weight is 193 g/mol. The van der Waals surface area contributed by atoms with E-state index >= 15 is 0 Å². The van der Waals surface area contributed by atoms with Crippen molar-refractivity contribution in [3.63, 3.8) is 0 Å². The minimum atomic E-state index is 0.258. The molecule has 1 saturated carbocycles. The van der Waals surface area contributed by atoms with Gasteiger partial charge in [-0.25, -0.2) is 0 Å². The first-order chi connectivity index (χ1) is 6.81. The second-order valence-corrected chi connectivity index (χ2v) is 4.41. The van der Waals surface area contributed by atoms with Crippen LogP contribution in [0.15, 0.2) is 11.6 Å². The second kappa shape index (κ2) is 4.16. The van der Waals surface area contributed by atoms with Crippen molar-refractivity contribution in [2.75, 3.05) is 6.54 Å². The van der Waals surface area contributed by atoms with Gasteiger partial charge < -0.3 is 4.90 Å². The lowest BCUT2D eigenvalue weighted by Gasteiger charge is -2.31. The zero-order chi connectivity index (χ0) is 9.97. The zero-order valence-corrected chi connectivity index (χ0v) is 8.96. The Morgan fingerprint density at radius 1 is 1.36 bits per heavy atom. The summed E-state index contributed by atoms with van der Waals surface area (Å²) in [5, 5.41) is 0. The van der Waals surface area contributed by atoms with Gasteiger partial charge in [-0.05, 0) is 24.8 Å². The quantitative estimate of drug-likeness (QED) is 0.660. The standard InChI is InChI=1S/C12H19NO/c1-2-10-8-12(14)13(9-10)11-6-4-3-5-7-11/h8,11H,2-7,9H2,1H3. The van der Waals surface area contributed by atoms with Crippen LogP contribution in [0.4, 0.5) is 0 Å². The highest BCUT2D eigenvalue weighted by molar-refractivity contribution is 5.91. The first-order valence-electron chi connectivity index (χ1n) is 5.81. The minimum absolute atomic E-state index is 0.258. The SMILES string of the molecule is CCC1=CC(=O)N(C2CCCCC2)C1. The molecule has 1 heterocycles. The summed E-state index contributed by atoms with van der Waals surface area (Å²) < 4.78 is 0. The van der Waals surface area contributed by atoms with Crippen LogP contribution in [0.1, 0.15) is 45.4 Å². The molecule has 1 aliphatic carbocycles. The molecule has 0 atom stereocenters. The van der Waals surface area contributed by atoms with Crippen molar-refractivity contribution < 1.29 is 4.79 Å². The fourth-order valence-corrected chi connectivity index (χ4v) is 2.52. The molecule has 0 aromatic rings. The van der Waals surface area contributed by atoms with Crippen LogP contribution < -0.4 is 0 Å². The highest BCUT2D eigenvalue weighted by atomic mass is 16.2. The molecule has 14 heavy (non-hydrogen) atoms. The van der Waals surface area contributed by atoms with Crippen molar-refractivity contribution in [2.45, 2.75) is 51.5 Å². The van der Waals surface area contributed by atoms with Crippen molar-refractivity contribution in [1.82, 2.24) is 4.90 Å². The molecule has 0 aromatic carbocycles. The Balaban J connectivity index is 1.96. The third-order valence-corrected chi connectivity index (χ3v) is 3.45. The van der Waals surface area contributed by atoms with Gasteiger partial charge in [0.2, 0.25) is 5.91 Å². The van der Waals surface area contributed by atoms with Crippen LogP contribution in [-0.4, -0.2) is 23.4 Å². The van der Waals surface area contributed by atoms with Crippen LogP contribution in [0.5, 0.6) is 0 Å². The van der Waals surface area contributed by atoms with Gasteiger partial charge >= 0.3 is 0 Å². The summed E-state index contributed by atoms with van der Waals surface area (Å²) in [6.07, 6.45) is 9.26. The lowest BCUT2D eigenvalue weighted by Crippen LogP contribution is -2.38. The minimum Gasteiger partial charge on any atom is -0.332 e. The van der Waals surface area contributed by atoms with E-state index in [9.17, 15) is 4.79 Å². The van der Waals surface area contributed by atoms with E-state index in [2.05, 4.69) is 11.8 Å². The molecule has 2 rings (SSSR count). The van der Waals surface area contributed by atoms with Gasteiger partial charge in [0.25, 0.3) is 0 Å². The van der Waals surface area contributed by atoms with Crippen LogP contribution in [-0.2, 0) is 4.79 Å². The monoisotopic (exact) mass is 193 g/mol. The normalized spacial score (nSPS) is 24.2. The lowest BCUT2D eigenvalue weighted by molar-refractivity contribution is -0.127. The molecular weight excluding hydrogens is 174 g/mol. The van der Waals surface area contributed by atoms with Crippen molar-refractivity contribution in [2.24, 2.45) is 0 Å². The van der Waals surface area contributed by atoms with E-state index in [0.29, 0.717) is 6.04 Å². The van der Waals surface area contributed by atoms with E-state index in [0.717, 1.165) is 13.0 Å². The maximum absolute atomic E-state index is 11.7. The van der Waals surface area contributed by atoms with Gasteiger partial charge in [0.15, 0.2) is 0 Å². The molecule has 0 aromatic heterocycles. The molecule has 0 saturated heterocycles. The van der Waals surface area contributed by atoms with Crippen molar-refractivity contribution in [3.8, 4) is 0 Å². The Bertz CT molecular complexity index is 251. The maximum atomic E-state index is 11.7. The Hall–Kier alpha value is -0.790. The molecule has 0 unspecified atom stereocenters. The van der Waals surface area contributed by atoms with Gasteiger partial charge in [0.1, 0.15) is 0 Å². The molecule has 78 valence electrons. The predicted molar refractivity (Wildman–Crippen MR) is 57.0 cm³/mol. The first kappa shape index (κ1) is 9.75. The van der Waals surface area contributed by atoms with Gasteiger partial charge in [-0.2, -0.15) is 0 Å². The summed E-state index contributed by atoms with van der Waals surface area (Å²) >= 11 is 0. The van der Waals surface area contributed by atoms with Crippen LogP contribution in [0.2, 0.25) is 0 Å². The molecular formula is C12H19NO. The molecule has 1 fully saturated rings. The smallest absolute Gasteiger partial charge is 0.247 e. The van der Waals surface area contributed by atoms with E-state index in [1.165, 1.54) is 37.7 Å². The summed E-state index contributed by atoms with van der Waals surface area (Å²) in [4.78, 5) is 13.8. The van der Waals surface area contributed by atoms with Crippen molar-refractivity contribution in [3.05, 3.63) is 11.6 Å². The summed E-state index contributed by atoms with van der Waals surface area (Å²) in [6, 6.07) is 0.538. The molecule has 1 amide bonds. The second-order valence-electron chi connectivity index (χ2n) is 4.41. The molecule has 2 aliphatic rings. The Morgan fingerprint density at radius 3 is 2.64 bits per heavy atom. The Kier molecular flexibility index (Phi) is 2.90. The number of hydrogen-bond acceptors (Lipinski definition) is 1. The van der Waals surface area contributed by atoms with Crippen LogP contribution in [0.25, 0.3) is 0 Å². The molecule has 1 aliphatic heterocycles. The van der Waals surface area contributed by atoms with Gasteiger partial charge in [0, 0.05) is 18.7 Å². The first-order valence-corrected chi connectivity index (χ1v) is 5.81. The lowest BCUT2D eigenvalue weighted by atomic mass is 9.94. The van der Waals surface area contributed by atoms with Gasteiger partial charge in [-0.15, -0.1) is 0 Å². The molecule has 0 spiro atoms. The predicted octanol–water partition coefficient (Wildman–Crippen LogP) is 2.50. The maximum Gasteiger partial charge on any atom is 0.247 e. The Labute approximate surface area is 86.0 Å². The van der Waals surface area contributed by atoms with Gasteiger partial charge in [-0.1, -0.05) is 26.2 Å². The number of rotatable bonds is 2. The van der Waals surface area contributed by atoms with E-state index in [1.54, 1.807) is 0 Å². The number of amides is 1. The number of carbonyl (C=O) groups is 1. The molecule has 2 nitrogen and oxygen atoms in total. The molecule has 0 bridgehead atoms. The third-order valence-electron chi connectivity index (χ3n) is 3.45. The van der Waals surface area contributed by atoms with E-state index < -0.39 is 0 Å². The van der Waals surface area contributed by atoms with E-state index in [1.807, 2.05) is 6.08 Å². The van der Waals surface area contributed by atoms with Gasteiger partial charge in [0.05, 0.1) is 0 Å². The topological polar surface area (TPSA) is 20.3 Å². The largest absolute Gasteiger partial charge is 0.332 e. The van der Waals surface area contributed by atoms with Crippen LogP contribution in [0.3, 0.4) is 0 Å². The number of carbonyl (C=O) groups excluding carboxylic acids is 1.